The van der Waals surface area contributed by atoms with Crippen LogP contribution in [0.25, 0.3) is 0 Å². The molecule has 4 heteroatoms. The van der Waals surface area contributed by atoms with Crippen LogP contribution in [0.3, 0.4) is 0 Å². The lowest BCUT2D eigenvalue weighted by Gasteiger charge is -2.28. The first-order valence-corrected chi connectivity index (χ1v) is 5.22. The standard InChI is InChI=1S/C12H16F3N/c1-8(2)12(15,7-16)6-9-3-4-10(13)11(14)5-9/h3-5,8H,6-7,16H2,1-2H3. The van der Waals surface area contributed by atoms with Crippen molar-refractivity contribution < 1.29 is 13.2 Å². The number of nitrogens with two attached hydrogens (primary N) is 1. The number of hydrogen-bond acceptors (Lipinski definition) is 1. The summed E-state index contributed by atoms with van der Waals surface area (Å²) >= 11 is 0. The van der Waals surface area contributed by atoms with Gasteiger partial charge in [0.05, 0.1) is 0 Å². The van der Waals surface area contributed by atoms with Gasteiger partial charge in [-0.25, -0.2) is 13.2 Å². The molecule has 1 rings (SSSR count). The zero-order valence-corrected chi connectivity index (χ0v) is 9.43. The minimum Gasteiger partial charge on any atom is -0.328 e. The van der Waals surface area contributed by atoms with Crippen LogP contribution < -0.4 is 5.73 Å². The number of halogens is 3. The van der Waals surface area contributed by atoms with Crippen LogP contribution in [-0.4, -0.2) is 12.2 Å². The molecule has 0 saturated heterocycles. The zero-order chi connectivity index (χ0) is 12.3. The Morgan fingerprint density at radius 3 is 2.31 bits per heavy atom. The normalized spacial score (nSPS) is 15.2. The summed E-state index contributed by atoms with van der Waals surface area (Å²) in [6.07, 6.45) is -0.00162. The molecule has 0 aromatic heterocycles. The summed E-state index contributed by atoms with van der Waals surface area (Å²) in [5.74, 6) is -2.16. The zero-order valence-electron chi connectivity index (χ0n) is 9.43. The topological polar surface area (TPSA) is 26.0 Å². The molecule has 2 N–H and O–H groups in total. The Morgan fingerprint density at radius 1 is 1.25 bits per heavy atom. The summed E-state index contributed by atoms with van der Waals surface area (Å²) in [5, 5.41) is 0. The van der Waals surface area contributed by atoms with E-state index < -0.39 is 17.3 Å². The molecule has 1 aromatic rings. The average Bonchev–Trinajstić information content (AvgIpc) is 2.23. The van der Waals surface area contributed by atoms with Crippen molar-refractivity contribution in [1.82, 2.24) is 0 Å². The Balaban J connectivity index is 2.90. The van der Waals surface area contributed by atoms with Crippen molar-refractivity contribution >= 4 is 0 Å². The predicted octanol–water partition coefficient (Wildman–Crippen LogP) is 2.83. The van der Waals surface area contributed by atoms with E-state index in [1.165, 1.54) is 6.07 Å². The van der Waals surface area contributed by atoms with Crippen molar-refractivity contribution in [2.75, 3.05) is 6.54 Å². The van der Waals surface area contributed by atoms with Gasteiger partial charge in [0, 0.05) is 13.0 Å². The Labute approximate surface area is 93.5 Å². The monoisotopic (exact) mass is 231 g/mol. The van der Waals surface area contributed by atoms with Gasteiger partial charge in [0.1, 0.15) is 5.67 Å². The van der Waals surface area contributed by atoms with Gasteiger partial charge in [-0.1, -0.05) is 19.9 Å². The molecule has 0 heterocycles. The van der Waals surface area contributed by atoms with Gasteiger partial charge in [-0.05, 0) is 23.6 Å². The quantitative estimate of drug-likeness (QED) is 0.847. The molecule has 0 aliphatic carbocycles. The molecule has 0 aliphatic heterocycles. The number of benzene rings is 1. The van der Waals surface area contributed by atoms with E-state index in [4.69, 9.17) is 5.73 Å². The molecule has 0 aliphatic rings. The first kappa shape index (κ1) is 13.0. The highest BCUT2D eigenvalue weighted by Gasteiger charge is 2.32. The summed E-state index contributed by atoms with van der Waals surface area (Å²) in [5.41, 5.74) is 4.22. The van der Waals surface area contributed by atoms with Gasteiger partial charge in [0.25, 0.3) is 0 Å². The van der Waals surface area contributed by atoms with E-state index in [1.807, 2.05) is 0 Å². The Kier molecular flexibility index (Phi) is 3.97. The van der Waals surface area contributed by atoms with Crippen molar-refractivity contribution in [2.24, 2.45) is 11.7 Å². The molecular weight excluding hydrogens is 215 g/mol. The third kappa shape index (κ3) is 2.76. The van der Waals surface area contributed by atoms with Crippen LogP contribution in [0.4, 0.5) is 13.2 Å². The molecule has 1 atom stereocenters. The molecule has 16 heavy (non-hydrogen) atoms. The van der Waals surface area contributed by atoms with Crippen LogP contribution in [0.5, 0.6) is 0 Å². The van der Waals surface area contributed by atoms with Gasteiger partial charge in [-0.3, -0.25) is 0 Å². The molecule has 90 valence electrons. The Hall–Kier alpha value is -1.03. The highest BCUT2D eigenvalue weighted by Crippen LogP contribution is 2.26. The minimum absolute atomic E-state index is 0.00162. The maximum absolute atomic E-state index is 14.2. The molecule has 0 radical (unpaired) electrons. The van der Waals surface area contributed by atoms with Crippen molar-refractivity contribution in [3.63, 3.8) is 0 Å². The molecule has 0 saturated carbocycles. The Bertz CT molecular complexity index is 365. The fourth-order valence-electron chi connectivity index (χ4n) is 1.50. The summed E-state index contributed by atoms with van der Waals surface area (Å²) in [6.45, 7) is 3.29. The van der Waals surface area contributed by atoms with Crippen LogP contribution in [0.2, 0.25) is 0 Å². The van der Waals surface area contributed by atoms with E-state index in [2.05, 4.69) is 0 Å². The molecule has 1 aromatic carbocycles. The second-order valence-electron chi connectivity index (χ2n) is 4.32. The first-order valence-electron chi connectivity index (χ1n) is 5.22. The van der Waals surface area contributed by atoms with Gasteiger partial charge in [-0.2, -0.15) is 0 Å². The van der Waals surface area contributed by atoms with Crippen LogP contribution >= 0.6 is 0 Å². The van der Waals surface area contributed by atoms with Crippen LogP contribution in [0, 0.1) is 17.6 Å². The van der Waals surface area contributed by atoms with Crippen molar-refractivity contribution in [3.8, 4) is 0 Å². The van der Waals surface area contributed by atoms with Gasteiger partial charge in [0.15, 0.2) is 11.6 Å². The minimum atomic E-state index is -1.58. The number of rotatable bonds is 4. The molecule has 0 fully saturated rings. The van der Waals surface area contributed by atoms with Crippen molar-refractivity contribution in [3.05, 3.63) is 35.4 Å². The van der Waals surface area contributed by atoms with Crippen molar-refractivity contribution in [1.29, 1.82) is 0 Å². The second kappa shape index (κ2) is 4.87. The van der Waals surface area contributed by atoms with Gasteiger partial charge in [-0.15, -0.1) is 0 Å². The summed E-state index contributed by atoms with van der Waals surface area (Å²) in [6, 6.07) is 3.40. The summed E-state index contributed by atoms with van der Waals surface area (Å²) in [7, 11) is 0. The molecule has 0 bridgehead atoms. The molecule has 1 nitrogen and oxygen atoms in total. The van der Waals surface area contributed by atoms with E-state index in [0.29, 0.717) is 5.56 Å². The Morgan fingerprint density at radius 2 is 1.88 bits per heavy atom. The van der Waals surface area contributed by atoms with Gasteiger partial charge < -0.3 is 5.73 Å². The molecule has 1 unspecified atom stereocenters. The highest BCUT2D eigenvalue weighted by atomic mass is 19.2. The highest BCUT2D eigenvalue weighted by molar-refractivity contribution is 5.20. The van der Waals surface area contributed by atoms with Crippen LogP contribution in [0.1, 0.15) is 19.4 Å². The van der Waals surface area contributed by atoms with E-state index >= 15 is 0 Å². The lowest BCUT2D eigenvalue weighted by Crippen LogP contribution is -2.40. The van der Waals surface area contributed by atoms with Crippen LogP contribution in [0.15, 0.2) is 18.2 Å². The molecule has 0 amide bonds. The fourth-order valence-corrected chi connectivity index (χ4v) is 1.50. The first-order chi connectivity index (χ1) is 7.39. The van der Waals surface area contributed by atoms with E-state index in [0.717, 1.165) is 12.1 Å². The van der Waals surface area contributed by atoms with E-state index in [1.54, 1.807) is 13.8 Å². The molecular formula is C12H16F3N. The van der Waals surface area contributed by atoms with Crippen LogP contribution in [-0.2, 0) is 6.42 Å². The number of alkyl halides is 1. The number of hydrogen-bond donors (Lipinski definition) is 1. The lowest BCUT2D eigenvalue weighted by molar-refractivity contribution is 0.110. The smallest absolute Gasteiger partial charge is 0.159 e. The summed E-state index contributed by atoms with van der Waals surface area (Å²) in [4.78, 5) is 0. The average molecular weight is 231 g/mol. The van der Waals surface area contributed by atoms with Gasteiger partial charge in [0.2, 0.25) is 0 Å². The third-order valence-electron chi connectivity index (χ3n) is 2.86. The second-order valence-corrected chi connectivity index (χ2v) is 4.32. The lowest BCUT2D eigenvalue weighted by atomic mass is 9.86. The van der Waals surface area contributed by atoms with E-state index in [-0.39, 0.29) is 18.9 Å². The van der Waals surface area contributed by atoms with Gasteiger partial charge >= 0.3 is 0 Å². The largest absolute Gasteiger partial charge is 0.328 e. The predicted molar refractivity (Wildman–Crippen MR) is 57.8 cm³/mol. The summed E-state index contributed by atoms with van der Waals surface area (Å²) < 4.78 is 39.8. The third-order valence-corrected chi connectivity index (χ3v) is 2.86. The van der Waals surface area contributed by atoms with E-state index in [9.17, 15) is 13.2 Å². The maximum atomic E-state index is 14.2. The fraction of sp³-hybridized carbons (Fsp3) is 0.500. The maximum Gasteiger partial charge on any atom is 0.159 e. The SMILES string of the molecule is CC(C)C(F)(CN)Cc1ccc(F)c(F)c1. The van der Waals surface area contributed by atoms with Crippen molar-refractivity contribution in [2.45, 2.75) is 25.9 Å². The molecule has 0 spiro atoms.